The Morgan fingerprint density at radius 1 is 1.06 bits per heavy atom. The van der Waals surface area contributed by atoms with Gasteiger partial charge in [-0.05, 0) is 67.4 Å². The standard InChI is InChI=1S/C27H30N4O4S/c1-6-33-22-15-19(10-11-21(22)34-12-13-35-23-17(4)8-7-9-18(23)5)14-20-24(28)31-27(29-25(20)32)36-26(30-31)16(2)3/h7-11,14-16,28H,6,12-13H2,1-5H3/b20-14-,28-24?. The highest BCUT2D eigenvalue weighted by Crippen LogP contribution is 2.33. The highest BCUT2D eigenvalue weighted by molar-refractivity contribution is 8.27. The molecule has 0 bridgehead atoms. The summed E-state index contributed by atoms with van der Waals surface area (Å²) in [7, 11) is 0. The Labute approximate surface area is 215 Å². The molecular weight excluding hydrogens is 476 g/mol. The first kappa shape index (κ1) is 25.5. The minimum absolute atomic E-state index is 0.00934. The van der Waals surface area contributed by atoms with Gasteiger partial charge in [0.1, 0.15) is 24.0 Å². The fourth-order valence-electron chi connectivity index (χ4n) is 3.73. The van der Waals surface area contributed by atoms with Crippen LogP contribution in [0.5, 0.6) is 17.2 Å². The molecule has 0 fully saturated rings. The summed E-state index contributed by atoms with van der Waals surface area (Å²) in [6.45, 7) is 11.2. The SMILES string of the molecule is CCOc1cc(/C=C2/C(=N)N3N=C(C(C)C)SC3=NC2=O)ccc1OCCOc1c(C)cccc1C. The van der Waals surface area contributed by atoms with Crippen LogP contribution in [0.15, 0.2) is 52.1 Å². The number of rotatable bonds is 9. The topological polar surface area (TPSA) is 96.6 Å². The average Bonchev–Trinajstić information content (AvgIpc) is 3.27. The maximum absolute atomic E-state index is 12.7. The average molecular weight is 507 g/mol. The maximum atomic E-state index is 12.7. The van der Waals surface area contributed by atoms with Crippen LogP contribution < -0.4 is 14.2 Å². The zero-order valence-corrected chi connectivity index (χ0v) is 21.9. The van der Waals surface area contributed by atoms with E-state index in [-0.39, 0.29) is 17.3 Å². The number of amidine groups is 2. The lowest BCUT2D eigenvalue weighted by Crippen LogP contribution is -2.35. The zero-order chi connectivity index (χ0) is 25.8. The number of thioether (sulfide) groups is 1. The Bertz CT molecular complexity index is 1260. The number of carbonyl (C=O) groups excluding carboxylic acids is 1. The van der Waals surface area contributed by atoms with Gasteiger partial charge < -0.3 is 14.2 Å². The van der Waals surface area contributed by atoms with Gasteiger partial charge in [-0.25, -0.2) is 0 Å². The lowest BCUT2D eigenvalue weighted by molar-refractivity contribution is -0.114. The quantitative estimate of drug-likeness (QED) is 0.360. The van der Waals surface area contributed by atoms with Crippen LogP contribution in [-0.2, 0) is 4.79 Å². The Morgan fingerprint density at radius 3 is 2.47 bits per heavy atom. The van der Waals surface area contributed by atoms with Crippen molar-refractivity contribution in [1.82, 2.24) is 5.01 Å². The van der Waals surface area contributed by atoms with E-state index in [1.807, 2.05) is 58.9 Å². The highest BCUT2D eigenvalue weighted by atomic mass is 32.2. The van der Waals surface area contributed by atoms with Gasteiger partial charge in [0.15, 0.2) is 17.3 Å². The molecule has 1 N–H and O–H groups in total. The van der Waals surface area contributed by atoms with Crippen LogP contribution in [-0.4, -0.2) is 46.8 Å². The molecule has 0 aliphatic carbocycles. The molecule has 0 radical (unpaired) electrons. The van der Waals surface area contributed by atoms with Crippen molar-refractivity contribution in [2.24, 2.45) is 16.0 Å². The van der Waals surface area contributed by atoms with Crippen molar-refractivity contribution in [3.8, 4) is 17.2 Å². The molecule has 0 aromatic heterocycles. The Hall–Kier alpha value is -3.59. The second-order valence-corrected chi connectivity index (χ2v) is 9.66. The molecule has 0 saturated heterocycles. The third kappa shape index (κ3) is 5.46. The second-order valence-electron chi connectivity index (χ2n) is 8.67. The zero-order valence-electron chi connectivity index (χ0n) is 21.1. The number of hydrazone groups is 1. The monoisotopic (exact) mass is 506 g/mol. The molecule has 9 heteroatoms. The Balaban J connectivity index is 1.48. The normalized spacial score (nSPS) is 16.3. The molecule has 4 rings (SSSR count). The number of aliphatic imine (C=N–C) groups is 1. The number of nitrogens with one attached hydrogen (secondary N) is 1. The lowest BCUT2D eigenvalue weighted by Gasteiger charge is -2.20. The van der Waals surface area contributed by atoms with E-state index in [0.717, 1.165) is 21.9 Å². The van der Waals surface area contributed by atoms with E-state index in [0.29, 0.717) is 42.1 Å². The van der Waals surface area contributed by atoms with E-state index < -0.39 is 5.91 Å². The van der Waals surface area contributed by atoms with Crippen molar-refractivity contribution in [3.63, 3.8) is 0 Å². The molecule has 0 spiro atoms. The van der Waals surface area contributed by atoms with E-state index in [4.69, 9.17) is 19.6 Å². The summed E-state index contributed by atoms with van der Waals surface area (Å²) in [4.78, 5) is 16.8. The van der Waals surface area contributed by atoms with Gasteiger partial charge in [0.2, 0.25) is 5.17 Å². The Kier molecular flexibility index (Phi) is 7.79. The van der Waals surface area contributed by atoms with Crippen molar-refractivity contribution >= 4 is 39.8 Å². The van der Waals surface area contributed by atoms with E-state index in [9.17, 15) is 4.79 Å². The van der Waals surface area contributed by atoms with E-state index >= 15 is 0 Å². The lowest BCUT2D eigenvalue weighted by atomic mass is 10.1. The number of fused-ring (bicyclic) bond motifs is 1. The number of amides is 1. The summed E-state index contributed by atoms with van der Waals surface area (Å²) in [5.74, 6) is 1.74. The van der Waals surface area contributed by atoms with Gasteiger partial charge in [0.25, 0.3) is 5.91 Å². The van der Waals surface area contributed by atoms with Crippen molar-refractivity contribution < 1.29 is 19.0 Å². The van der Waals surface area contributed by atoms with Crippen LogP contribution in [0.25, 0.3) is 6.08 Å². The molecule has 188 valence electrons. The molecular formula is C27H30N4O4S. The van der Waals surface area contributed by atoms with Gasteiger partial charge in [-0.1, -0.05) is 38.1 Å². The van der Waals surface area contributed by atoms with Crippen LogP contribution in [0, 0.1) is 25.2 Å². The summed E-state index contributed by atoms with van der Waals surface area (Å²) >= 11 is 1.33. The van der Waals surface area contributed by atoms with Crippen LogP contribution in [0.4, 0.5) is 0 Å². The summed E-state index contributed by atoms with van der Waals surface area (Å²) in [6.07, 6.45) is 1.63. The van der Waals surface area contributed by atoms with E-state index in [1.165, 1.54) is 16.8 Å². The highest BCUT2D eigenvalue weighted by Gasteiger charge is 2.36. The number of carbonyl (C=O) groups is 1. The molecule has 2 aromatic carbocycles. The van der Waals surface area contributed by atoms with E-state index in [1.54, 1.807) is 18.2 Å². The molecule has 2 aliphatic rings. The van der Waals surface area contributed by atoms with Crippen molar-refractivity contribution in [3.05, 3.63) is 58.7 Å². The van der Waals surface area contributed by atoms with Crippen LogP contribution >= 0.6 is 11.8 Å². The minimum Gasteiger partial charge on any atom is -0.490 e. The first-order valence-corrected chi connectivity index (χ1v) is 12.7. The molecule has 0 atom stereocenters. The van der Waals surface area contributed by atoms with E-state index in [2.05, 4.69) is 10.1 Å². The summed E-state index contributed by atoms with van der Waals surface area (Å²) in [6, 6.07) is 11.4. The van der Waals surface area contributed by atoms with Crippen LogP contribution in [0.1, 0.15) is 37.5 Å². The van der Waals surface area contributed by atoms with Crippen molar-refractivity contribution in [1.29, 1.82) is 5.41 Å². The summed E-state index contributed by atoms with van der Waals surface area (Å²) in [5, 5.41) is 15.7. The fraction of sp³-hybridized carbons (Fsp3) is 0.333. The number of para-hydroxylation sites is 1. The Morgan fingerprint density at radius 2 is 1.78 bits per heavy atom. The second kappa shape index (κ2) is 11.0. The third-order valence-electron chi connectivity index (χ3n) is 5.54. The number of benzene rings is 2. The van der Waals surface area contributed by atoms with Gasteiger partial charge in [-0.3, -0.25) is 10.2 Å². The first-order valence-electron chi connectivity index (χ1n) is 11.9. The maximum Gasteiger partial charge on any atom is 0.283 e. The van der Waals surface area contributed by atoms with Gasteiger partial charge in [-0.15, -0.1) is 0 Å². The third-order valence-corrected chi connectivity index (χ3v) is 6.75. The van der Waals surface area contributed by atoms with Crippen molar-refractivity contribution in [2.75, 3.05) is 19.8 Å². The van der Waals surface area contributed by atoms with Gasteiger partial charge in [0.05, 0.1) is 12.2 Å². The largest absolute Gasteiger partial charge is 0.490 e. The van der Waals surface area contributed by atoms with Crippen LogP contribution in [0.3, 0.4) is 0 Å². The van der Waals surface area contributed by atoms with Crippen LogP contribution in [0.2, 0.25) is 0 Å². The number of hydrogen-bond acceptors (Lipinski definition) is 7. The molecule has 2 heterocycles. The molecule has 36 heavy (non-hydrogen) atoms. The summed E-state index contributed by atoms with van der Waals surface area (Å²) in [5.41, 5.74) is 3.04. The molecule has 8 nitrogen and oxygen atoms in total. The predicted molar refractivity (Wildman–Crippen MR) is 144 cm³/mol. The molecule has 0 unspecified atom stereocenters. The van der Waals surface area contributed by atoms with Crippen molar-refractivity contribution in [2.45, 2.75) is 34.6 Å². The van der Waals surface area contributed by atoms with Gasteiger partial charge in [0, 0.05) is 5.92 Å². The smallest absolute Gasteiger partial charge is 0.283 e. The molecule has 2 aromatic rings. The fourth-order valence-corrected chi connectivity index (χ4v) is 4.62. The first-order chi connectivity index (χ1) is 17.3. The number of hydrogen-bond donors (Lipinski definition) is 1. The molecule has 1 amide bonds. The molecule has 2 aliphatic heterocycles. The van der Waals surface area contributed by atoms with Gasteiger partial charge >= 0.3 is 0 Å². The summed E-state index contributed by atoms with van der Waals surface area (Å²) < 4.78 is 17.7. The minimum atomic E-state index is -0.458. The predicted octanol–water partition coefficient (Wildman–Crippen LogP) is 5.44. The number of aryl methyl sites for hydroxylation is 2. The molecule has 0 saturated carbocycles. The van der Waals surface area contributed by atoms with Gasteiger partial charge in [-0.2, -0.15) is 15.1 Å². The number of nitrogens with zero attached hydrogens (tertiary/aromatic N) is 3. The number of ether oxygens (including phenoxy) is 3.